The van der Waals surface area contributed by atoms with Crippen LogP contribution in [0.25, 0.3) is 0 Å². The fourth-order valence-electron chi connectivity index (χ4n) is 2.85. The lowest BCUT2D eigenvalue weighted by Gasteiger charge is -2.12. The van der Waals surface area contributed by atoms with E-state index in [9.17, 15) is 18.0 Å². The molecule has 24 heavy (non-hydrogen) atoms. The second-order valence-corrected chi connectivity index (χ2v) is 5.62. The van der Waals surface area contributed by atoms with Gasteiger partial charge in [-0.1, -0.05) is 6.58 Å². The summed E-state index contributed by atoms with van der Waals surface area (Å²) in [7, 11) is 0. The smallest absolute Gasteiger partial charge is 0.269 e. The lowest BCUT2D eigenvalue weighted by atomic mass is 10.0. The highest BCUT2D eigenvalue weighted by atomic mass is 19.1. The van der Waals surface area contributed by atoms with Gasteiger partial charge >= 0.3 is 5.69 Å². The highest BCUT2D eigenvalue weighted by molar-refractivity contribution is 5.25. The Morgan fingerprint density at radius 2 is 2.04 bits per heavy atom. The fraction of sp³-hybridized carbons (Fsp3) is 0.312. The Balaban J connectivity index is 1.99. The minimum atomic E-state index is -1.51. The quantitative estimate of drug-likeness (QED) is 0.808. The monoisotopic (exact) mass is 334 g/mol. The van der Waals surface area contributed by atoms with Gasteiger partial charge in [-0.25, -0.2) is 22.6 Å². The van der Waals surface area contributed by atoms with Gasteiger partial charge < -0.3 is 0 Å². The molecule has 2 atom stereocenters. The van der Waals surface area contributed by atoms with Crippen LogP contribution >= 0.6 is 0 Å². The van der Waals surface area contributed by atoms with Crippen LogP contribution in [-0.4, -0.2) is 14.3 Å². The highest BCUT2D eigenvalue weighted by Crippen LogP contribution is 2.38. The summed E-state index contributed by atoms with van der Waals surface area (Å²) in [5.74, 6) is -1.66. The van der Waals surface area contributed by atoms with E-state index in [0.29, 0.717) is 6.07 Å². The Hall–Kier alpha value is -2.82. The number of nitriles is 1. The molecule has 0 saturated carbocycles. The van der Waals surface area contributed by atoms with Crippen molar-refractivity contribution >= 4 is 0 Å². The van der Waals surface area contributed by atoms with Crippen LogP contribution < -0.4 is 5.69 Å². The minimum Gasteiger partial charge on any atom is -0.269 e. The lowest BCUT2D eigenvalue weighted by Crippen LogP contribution is -2.27. The zero-order valence-corrected chi connectivity index (χ0v) is 12.5. The van der Waals surface area contributed by atoms with E-state index in [4.69, 9.17) is 5.26 Å². The molecule has 5 nitrogen and oxygen atoms in total. The molecule has 1 aromatic carbocycles. The summed E-state index contributed by atoms with van der Waals surface area (Å²) >= 11 is 0. The van der Waals surface area contributed by atoms with E-state index < -0.39 is 29.5 Å². The second-order valence-electron chi connectivity index (χ2n) is 5.62. The molecule has 2 heterocycles. The number of hydrogen-bond donors (Lipinski definition) is 0. The summed E-state index contributed by atoms with van der Waals surface area (Å²) in [5, 5.41) is 12.6. The Morgan fingerprint density at radius 3 is 2.67 bits per heavy atom. The topological polar surface area (TPSA) is 63.6 Å². The molecule has 2 aromatic rings. The van der Waals surface area contributed by atoms with Gasteiger partial charge in [-0.2, -0.15) is 10.4 Å². The van der Waals surface area contributed by atoms with Crippen LogP contribution in [0.4, 0.5) is 13.2 Å². The summed E-state index contributed by atoms with van der Waals surface area (Å²) < 4.78 is 43.2. The van der Waals surface area contributed by atoms with Gasteiger partial charge in [-0.05, 0) is 17.7 Å². The van der Waals surface area contributed by atoms with Crippen LogP contribution in [0.1, 0.15) is 36.4 Å². The molecule has 3 rings (SSSR count). The molecule has 0 bridgehead atoms. The molecule has 0 spiro atoms. The zero-order valence-electron chi connectivity index (χ0n) is 12.5. The average Bonchev–Trinajstić information content (AvgIpc) is 3.02. The first-order chi connectivity index (χ1) is 11.4. The molecule has 1 unspecified atom stereocenters. The van der Waals surface area contributed by atoms with Crippen LogP contribution in [0.15, 0.2) is 35.1 Å². The normalized spacial score (nSPS) is 19.1. The third kappa shape index (κ3) is 2.73. The lowest BCUT2D eigenvalue weighted by molar-refractivity contribution is 0.322. The Morgan fingerprint density at radius 1 is 1.38 bits per heavy atom. The molecule has 1 aromatic heterocycles. The van der Waals surface area contributed by atoms with E-state index >= 15 is 0 Å². The SMILES string of the molecule is C=C(C#N)CCn1nc2n(c1=O)[C@H](c1cc(F)cc(F)c1)CC2F. The van der Waals surface area contributed by atoms with Gasteiger partial charge in [0.25, 0.3) is 0 Å². The molecule has 0 N–H and O–H groups in total. The van der Waals surface area contributed by atoms with Gasteiger partial charge in [0.15, 0.2) is 12.0 Å². The molecule has 0 saturated heterocycles. The number of halogens is 3. The highest BCUT2D eigenvalue weighted by Gasteiger charge is 2.37. The number of benzene rings is 1. The van der Waals surface area contributed by atoms with Gasteiger partial charge in [0.1, 0.15) is 11.6 Å². The van der Waals surface area contributed by atoms with Crippen LogP contribution in [0.3, 0.4) is 0 Å². The van der Waals surface area contributed by atoms with Crippen molar-refractivity contribution in [2.24, 2.45) is 0 Å². The van der Waals surface area contributed by atoms with E-state index in [-0.39, 0.29) is 36.3 Å². The largest absolute Gasteiger partial charge is 0.346 e. The number of aryl methyl sites for hydroxylation is 1. The van der Waals surface area contributed by atoms with E-state index in [2.05, 4.69) is 11.7 Å². The number of alkyl halides is 1. The van der Waals surface area contributed by atoms with Crippen molar-refractivity contribution in [1.82, 2.24) is 14.3 Å². The summed E-state index contributed by atoms with van der Waals surface area (Å²) in [4.78, 5) is 12.5. The van der Waals surface area contributed by atoms with Crippen molar-refractivity contribution in [1.29, 1.82) is 5.26 Å². The number of hydrogen-bond acceptors (Lipinski definition) is 3. The van der Waals surface area contributed by atoms with Crippen molar-refractivity contribution < 1.29 is 13.2 Å². The molecular formula is C16H13F3N4O. The van der Waals surface area contributed by atoms with Crippen LogP contribution in [0.2, 0.25) is 0 Å². The third-order valence-electron chi connectivity index (χ3n) is 3.97. The van der Waals surface area contributed by atoms with E-state index in [1.165, 1.54) is 0 Å². The maximum Gasteiger partial charge on any atom is 0.346 e. The summed E-state index contributed by atoms with van der Waals surface area (Å²) in [6.45, 7) is 3.60. The summed E-state index contributed by atoms with van der Waals surface area (Å²) in [6, 6.07) is 3.91. The standard InChI is InChI=1S/C16H13F3N4O/c1-9(8-20)2-3-22-16(24)23-14(7-13(19)15(23)21-22)10-4-11(17)6-12(18)5-10/h4-6,13-14H,1-3,7H2/t13?,14-/m0/s1. The number of allylic oxidation sites excluding steroid dienone is 1. The first kappa shape index (κ1) is 16.1. The number of fused-ring (bicyclic) bond motifs is 1. The Labute approximate surface area is 135 Å². The maximum absolute atomic E-state index is 14.2. The number of rotatable bonds is 4. The average molecular weight is 334 g/mol. The van der Waals surface area contributed by atoms with Gasteiger partial charge in [0.05, 0.1) is 18.7 Å². The first-order valence-electron chi connectivity index (χ1n) is 7.28. The molecule has 124 valence electrons. The van der Waals surface area contributed by atoms with Gasteiger partial charge in [-0.15, -0.1) is 0 Å². The maximum atomic E-state index is 14.2. The number of nitrogens with zero attached hydrogens (tertiary/aromatic N) is 4. The van der Waals surface area contributed by atoms with Gasteiger partial charge in [-0.3, -0.25) is 4.57 Å². The molecule has 0 radical (unpaired) electrons. The van der Waals surface area contributed by atoms with E-state index in [1.54, 1.807) is 0 Å². The fourth-order valence-corrected chi connectivity index (χ4v) is 2.85. The van der Waals surface area contributed by atoms with Crippen molar-refractivity contribution in [3.05, 3.63) is 63.9 Å². The van der Waals surface area contributed by atoms with Crippen molar-refractivity contribution in [3.63, 3.8) is 0 Å². The van der Waals surface area contributed by atoms with Crippen LogP contribution in [-0.2, 0) is 6.54 Å². The molecule has 1 aliphatic rings. The minimum absolute atomic E-state index is 0.0720. The Kier molecular flexibility index (Phi) is 4.01. The van der Waals surface area contributed by atoms with Crippen LogP contribution in [0, 0.1) is 23.0 Å². The van der Waals surface area contributed by atoms with Crippen molar-refractivity contribution in [3.8, 4) is 6.07 Å². The van der Waals surface area contributed by atoms with E-state index in [1.807, 2.05) is 6.07 Å². The predicted molar refractivity (Wildman–Crippen MR) is 78.8 cm³/mol. The molecule has 0 amide bonds. The van der Waals surface area contributed by atoms with Crippen LogP contribution in [0.5, 0.6) is 0 Å². The Bertz CT molecular complexity index is 889. The number of aromatic nitrogens is 3. The molecule has 0 fully saturated rings. The molecule has 8 heteroatoms. The summed E-state index contributed by atoms with van der Waals surface area (Å²) in [6.07, 6.45) is -1.40. The first-order valence-corrected chi connectivity index (χ1v) is 7.28. The molecule has 0 aliphatic carbocycles. The second kappa shape index (κ2) is 6.00. The molecular weight excluding hydrogens is 321 g/mol. The predicted octanol–water partition coefficient (Wildman–Crippen LogP) is 2.80. The van der Waals surface area contributed by atoms with Crippen molar-refractivity contribution in [2.45, 2.75) is 31.6 Å². The van der Waals surface area contributed by atoms with Crippen molar-refractivity contribution in [2.75, 3.05) is 0 Å². The summed E-state index contributed by atoms with van der Waals surface area (Å²) in [5.41, 5.74) is -0.127. The third-order valence-corrected chi connectivity index (χ3v) is 3.97. The molecule has 1 aliphatic heterocycles. The van der Waals surface area contributed by atoms with Gasteiger partial charge in [0.2, 0.25) is 0 Å². The van der Waals surface area contributed by atoms with E-state index in [0.717, 1.165) is 21.4 Å². The zero-order chi connectivity index (χ0) is 17.4. The van der Waals surface area contributed by atoms with Gasteiger partial charge in [0, 0.05) is 24.5 Å².